The van der Waals surface area contributed by atoms with Crippen LogP contribution in [-0.2, 0) is 15.3 Å². The molecule has 4 atom stereocenters. The number of benzene rings is 1. The predicted molar refractivity (Wildman–Crippen MR) is 83.8 cm³/mol. The SMILES string of the molecule is Cc1ccc([S@@](=O)OC2C[C@H](C)CCC2C(C)C)cc1. The fourth-order valence-corrected chi connectivity index (χ4v) is 3.96. The Bertz CT molecular complexity index is 453. The minimum atomic E-state index is -1.34. The van der Waals surface area contributed by atoms with Crippen molar-refractivity contribution in [2.24, 2.45) is 17.8 Å². The standard InChI is InChI=1S/C17H26O2S/c1-12(2)16-10-7-14(4)11-17(16)19-20(18)15-8-5-13(3)6-9-15/h5-6,8-9,12,14,16-17H,7,10-11H2,1-4H3/t14-,16?,17?,20+/m1/s1. The van der Waals surface area contributed by atoms with E-state index in [-0.39, 0.29) is 6.10 Å². The highest BCUT2D eigenvalue weighted by atomic mass is 32.2. The van der Waals surface area contributed by atoms with Gasteiger partial charge in [-0.1, -0.05) is 44.9 Å². The molecule has 2 nitrogen and oxygen atoms in total. The Morgan fingerprint density at radius 3 is 2.45 bits per heavy atom. The summed E-state index contributed by atoms with van der Waals surface area (Å²) in [5.74, 6) is 1.79. The molecule has 0 aromatic heterocycles. The van der Waals surface area contributed by atoms with Crippen molar-refractivity contribution in [3.63, 3.8) is 0 Å². The van der Waals surface area contributed by atoms with Crippen LogP contribution in [-0.4, -0.2) is 10.3 Å². The second kappa shape index (κ2) is 6.86. The van der Waals surface area contributed by atoms with Gasteiger partial charge < -0.3 is 0 Å². The minimum Gasteiger partial charge on any atom is -0.283 e. The monoisotopic (exact) mass is 294 g/mol. The summed E-state index contributed by atoms with van der Waals surface area (Å²) in [6.07, 6.45) is 3.61. The van der Waals surface area contributed by atoms with Crippen molar-refractivity contribution < 1.29 is 8.39 Å². The summed E-state index contributed by atoms with van der Waals surface area (Å²) in [7, 11) is 0. The first kappa shape index (κ1) is 15.7. The van der Waals surface area contributed by atoms with E-state index in [4.69, 9.17) is 4.18 Å². The summed E-state index contributed by atoms with van der Waals surface area (Å²) in [4.78, 5) is 0.774. The van der Waals surface area contributed by atoms with Gasteiger partial charge in [0.2, 0.25) is 0 Å². The van der Waals surface area contributed by atoms with E-state index < -0.39 is 11.1 Å². The zero-order chi connectivity index (χ0) is 14.7. The Labute approximate surface area is 125 Å². The summed E-state index contributed by atoms with van der Waals surface area (Å²) in [6, 6.07) is 7.78. The van der Waals surface area contributed by atoms with Gasteiger partial charge in [0.25, 0.3) is 0 Å². The Hall–Kier alpha value is -0.670. The minimum absolute atomic E-state index is 0.126. The van der Waals surface area contributed by atoms with Gasteiger partial charge in [-0.25, -0.2) is 4.21 Å². The first-order valence-electron chi connectivity index (χ1n) is 7.63. The molecule has 1 aliphatic carbocycles. The van der Waals surface area contributed by atoms with Gasteiger partial charge in [0, 0.05) is 0 Å². The molecule has 0 amide bonds. The third-order valence-electron chi connectivity index (χ3n) is 4.39. The van der Waals surface area contributed by atoms with Crippen LogP contribution in [0.1, 0.15) is 45.6 Å². The van der Waals surface area contributed by atoms with Crippen LogP contribution in [0.4, 0.5) is 0 Å². The van der Waals surface area contributed by atoms with Crippen LogP contribution in [0.5, 0.6) is 0 Å². The molecule has 2 rings (SSSR count). The lowest BCUT2D eigenvalue weighted by Crippen LogP contribution is -2.34. The van der Waals surface area contributed by atoms with E-state index in [1.54, 1.807) is 0 Å². The smallest absolute Gasteiger partial charge is 0.189 e. The van der Waals surface area contributed by atoms with Crippen molar-refractivity contribution in [2.45, 2.75) is 58.0 Å². The Morgan fingerprint density at radius 2 is 1.85 bits per heavy atom. The molecule has 0 aliphatic heterocycles. The molecule has 1 aliphatic rings. The van der Waals surface area contributed by atoms with Crippen LogP contribution in [0.25, 0.3) is 0 Å². The molecule has 20 heavy (non-hydrogen) atoms. The van der Waals surface area contributed by atoms with Gasteiger partial charge in [-0.05, 0) is 49.7 Å². The van der Waals surface area contributed by atoms with Gasteiger partial charge in [-0.3, -0.25) is 4.18 Å². The molecule has 0 spiro atoms. The van der Waals surface area contributed by atoms with E-state index in [9.17, 15) is 4.21 Å². The van der Waals surface area contributed by atoms with Gasteiger partial charge >= 0.3 is 0 Å². The molecule has 0 radical (unpaired) electrons. The molecular formula is C17H26O2S. The highest BCUT2D eigenvalue weighted by Gasteiger charge is 2.33. The summed E-state index contributed by atoms with van der Waals surface area (Å²) >= 11 is -1.34. The Balaban J connectivity index is 2.05. The third kappa shape index (κ3) is 3.92. The lowest BCUT2D eigenvalue weighted by molar-refractivity contribution is 0.0567. The molecule has 0 heterocycles. The zero-order valence-electron chi connectivity index (χ0n) is 13.0. The van der Waals surface area contributed by atoms with Crippen molar-refractivity contribution in [3.8, 4) is 0 Å². The Kier molecular flexibility index (Phi) is 5.39. The molecule has 1 aromatic rings. The van der Waals surface area contributed by atoms with Crippen LogP contribution >= 0.6 is 0 Å². The molecule has 0 N–H and O–H groups in total. The van der Waals surface area contributed by atoms with Gasteiger partial charge in [-0.15, -0.1) is 0 Å². The van der Waals surface area contributed by atoms with Crippen LogP contribution in [0.2, 0.25) is 0 Å². The van der Waals surface area contributed by atoms with Crippen molar-refractivity contribution in [3.05, 3.63) is 29.8 Å². The molecule has 0 saturated heterocycles. The van der Waals surface area contributed by atoms with E-state index in [2.05, 4.69) is 20.8 Å². The first-order chi connectivity index (χ1) is 9.47. The fourth-order valence-electron chi connectivity index (χ4n) is 3.04. The van der Waals surface area contributed by atoms with Crippen LogP contribution in [0.3, 0.4) is 0 Å². The number of aryl methyl sites for hydroxylation is 1. The van der Waals surface area contributed by atoms with Crippen molar-refractivity contribution in [1.29, 1.82) is 0 Å². The van der Waals surface area contributed by atoms with Gasteiger partial charge in [0.15, 0.2) is 11.1 Å². The molecule has 0 bridgehead atoms. The average Bonchev–Trinajstić information content (AvgIpc) is 2.39. The lowest BCUT2D eigenvalue weighted by Gasteiger charge is -2.36. The zero-order valence-corrected chi connectivity index (χ0v) is 13.8. The normalized spacial score (nSPS) is 28.6. The molecule has 3 heteroatoms. The Morgan fingerprint density at radius 1 is 1.20 bits per heavy atom. The van der Waals surface area contributed by atoms with Crippen molar-refractivity contribution in [2.75, 3.05) is 0 Å². The highest BCUT2D eigenvalue weighted by Crippen LogP contribution is 2.36. The van der Waals surface area contributed by atoms with Crippen molar-refractivity contribution in [1.82, 2.24) is 0 Å². The lowest BCUT2D eigenvalue weighted by atomic mass is 9.75. The molecule has 1 saturated carbocycles. The highest BCUT2D eigenvalue weighted by molar-refractivity contribution is 7.80. The van der Waals surface area contributed by atoms with Crippen LogP contribution in [0, 0.1) is 24.7 Å². The summed E-state index contributed by atoms with van der Waals surface area (Å²) < 4.78 is 18.3. The van der Waals surface area contributed by atoms with E-state index in [1.165, 1.54) is 18.4 Å². The number of rotatable bonds is 4. The van der Waals surface area contributed by atoms with Crippen LogP contribution in [0.15, 0.2) is 29.2 Å². The van der Waals surface area contributed by atoms with E-state index in [1.807, 2.05) is 31.2 Å². The number of hydrogen-bond donors (Lipinski definition) is 0. The maximum Gasteiger partial charge on any atom is 0.189 e. The number of hydrogen-bond acceptors (Lipinski definition) is 2. The third-order valence-corrected chi connectivity index (χ3v) is 5.46. The largest absolute Gasteiger partial charge is 0.283 e. The summed E-state index contributed by atoms with van der Waals surface area (Å²) in [5.41, 5.74) is 1.18. The van der Waals surface area contributed by atoms with E-state index in [0.717, 1.165) is 11.3 Å². The van der Waals surface area contributed by atoms with Crippen LogP contribution < -0.4 is 0 Å². The van der Waals surface area contributed by atoms with E-state index in [0.29, 0.717) is 17.8 Å². The molecule has 112 valence electrons. The van der Waals surface area contributed by atoms with Gasteiger partial charge in [-0.2, -0.15) is 0 Å². The molecule has 1 aromatic carbocycles. The van der Waals surface area contributed by atoms with E-state index >= 15 is 0 Å². The quantitative estimate of drug-likeness (QED) is 0.817. The topological polar surface area (TPSA) is 26.3 Å². The van der Waals surface area contributed by atoms with Gasteiger partial charge in [0.1, 0.15) is 0 Å². The summed E-state index contributed by atoms with van der Waals surface area (Å²) in [6.45, 7) is 8.78. The molecular weight excluding hydrogens is 268 g/mol. The molecule has 1 fully saturated rings. The molecule has 2 unspecified atom stereocenters. The van der Waals surface area contributed by atoms with Gasteiger partial charge in [0.05, 0.1) is 11.0 Å². The average molecular weight is 294 g/mol. The second-order valence-corrected chi connectivity index (χ2v) is 7.64. The maximum atomic E-state index is 12.4. The second-order valence-electron chi connectivity index (χ2n) is 6.51. The summed E-state index contributed by atoms with van der Waals surface area (Å²) in [5, 5.41) is 0. The van der Waals surface area contributed by atoms with Crippen molar-refractivity contribution >= 4 is 11.1 Å². The first-order valence-corrected chi connectivity index (χ1v) is 8.70. The fraction of sp³-hybridized carbons (Fsp3) is 0.647. The predicted octanol–water partition coefficient (Wildman–Crippen LogP) is 4.50. The maximum absolute atomic E-state index is 12.4.